The third-order valence-electron chi connectivity index (χ3n) is 2.26. The van der Waals surface area contributed by atoms with Crippen LogP contribution in [0.5, 0.6) is 0 Å². The predicted octanol–water partition coefficient (Wildman–Crippen LogP) is 2.85. The van der Waals surface area contributed by atoms with Gasteiger partial charge in [-0.05, 0) is 11.5 Å². The monoisotopic (exact) mass is 349 g/mol. The third-order valence-corrected chi connectivity index (χ3v) is 3.70. The fourth-order valence-electron chi connectivity index (χ4n) is 1.56. The van der Waals surface area contributed by atoms with Crippen LogP contribution >= 0.6 is 22.9 Å². The van der Waals surface area contributed by atoms with E-state index in [9.17, 15) is 8.42 Å². The standard InChI is InChI=1S/C10H8INO3S/c11-12-10-8-4-2-1-3-7(8)5-6-9(10)16(13,14)15/h1-6,12H,(H,13,14,15). The van der Waals surface area contributed by atoms with Crippen molar-refractivity contribution in [3.8, 4) is 0 Å². The summed E-state index contributed by atoms with van der Waals surface area (Å²) in [5, 5.41) is 1.67. The number of hydrogen-bond donors (Lipinski definition) is 2. The molecule has 16 heavy (non-hydrogen) atoms. The zero-order valence-electron chi connectivity index (χ0n) is 8.01. The Labute approximate surface area is 107 Å². The molecule has 0 saturated carbocycles. The highest BCUT2D eigenvalue weighted by atomic mass is 127. The summed E-state index contributed by atoms with van der Waals surface area (Å²) < 4.78 is 34.2. The lowest BCUT2D eigenvalue weighted by atomic mass is 10.1. The van der Waals surface area contributed by atoms with Crippen LogP contribution in [0.15, 0.2) is 41.3 Å². The summed E-state index contributed by atoms with van der Waals surface area (Å²) in [5.41, 5.74) is 0.404. The van der Waals surface area contributed by atoms with Gasteiger partial charge in [0.15, 0.2) is 0 Å². The molecule has 0 bridgehead atoms. The molecular weight excluding hydrogens is 341 g/mol. The van der Waals surface area contributed by atoms with Gasteiger partial charge in [-0.1, -0.05) is 30.3 Å². The Balaban J connectivity index is 2.89. The molecule has 84 valence electrons. The van der Waals surface area contributed by atoms with Crippen molar-refractivity contribution in [2.24, 2.45) is 0 Å². The van der Waals surface area contributed by atoms with Crippen LogP contribution in [0, 0.1) is 0 Å². The molecule has 0 aromatic heterocycles. The van der Waals surface area contributed by atoms with Crippen molar-refractivity contribution in [1.29, 1.82) is 0 Å². The summed E-state index contributed by atoms with van der Waals surface area (Å²) in [6.07, 6.45) is 0. The first-order valence-corrected chi connectivity index (χ1v) is 6.92. The van der Waals surface area contributed by atoms with E-state index in [1.54, 1.807) is 12.1 Å². The van der Waals surface area contributed by atoms with Gasteiger partial charge in [0.05, 0.1) is 28.6 Å². The Bertz CT molecular complexity index is 640. The van der Waals surface area contributed by atoms with Crippen LogP contribution in [-0.2, 0) is 10.1 Å². The molecule has 2 aromatic carbocycles. The van der Waals surface area contributed by atoms with Crippen LogP contribution < -0.4 is 3.53 Å². The van der Waals surface area contributed by atoms with Crippen molar-refractivity contribution in [3.63, 3.8) is 0 Å². The second-order valence-electron chi connectivity index (χ2n) is 3.23. The summed E-state index contributed by atoms with van der Waals surface area (Å²) in [6, 6.07) is 10.4. The number of halogens is 1. The van der Waals surface area contributed by atoms with Gasteiger partial charge in [-0.15, -0.1) is 0 Å². The van der Waals surface area contributed by atoms with Crippen molar-refractivity contribution in [2.45, 2.75) is 4.90 Å². The zero-order valence-corrected chi connectivity index (χ0v) is 11.0. The van der Waals surface area contributed by atoms with Gasteiger partial charge in [0.2, 0.25) is 0 Å². The second-order valence-corrected chi connectivity index (χ2v) is 5.16. The van der Waals surface area contributed by atoms with Gasteiger partial charge in [-0.2, -0.15) is 8.42 Å². The lowest BCUT2D eigenvalue weighted by Gasteiger charge is -2.09. The van der Waals surface area contributed by atoms with Crippen molar-refractivity contribution in [3.05, 3.63) is 36.4 Å². The van der Waals surface area contributed by atoms with Gasteiger partial charge in [-0.25, -0.2) is 0 Å². The number of hydrogen-bond acceptors (Lipinski definition) is 3. The Morgan fingerprint density at radius 1 is 1.12 bits per heavy atom. The van der Waals surface area contributed by atoms with Crippen LogP contribution in [0.2, 0.25) is 0 Å². The molecule has 0 heterocycles. The summed E-state index contributed by atoms with van der Waals surface area (Å²) in [6.45, 7) is 0. The summed E-state index contributed by atoms with van der Waals surface area (Å²) in [4.78, 5) is -0.111. The molecule has 0 atom stereocenters. The molecule has 0 spiro atoms. The summed E-state index contributed by atoms with van der Waals surface area (Å²) in [7, 11) is -4.20. The van der Waals surface area contributed by atoms with Gasteiger partial charge in [0.25, 0.3) is 10.1 Å². The van der Waals surface area contributed by atoms with Crippen molar-refractivity contribution >= 4 is 49.4 Å². The molecule has 0 aliphatic carbocycles. The Kier molecular flexibility index (Phi) is 3.04. The minimum Gasteiger partial charge on any atom is -0.327 e. The first-order valence-electron chi connectivity index (χ1n) is 4.40. The maximum Gasteiger partial charge on any atom is 0.296 e. The van der Waals surface area contributed by atoms with Crippen LogP contribution in [0.25, 0.3) is 10.8 Å². The van der Waals surface area contributed by atoms with Gasteiger partial charge in [0.1, 0.15) is 4.90 Å². The van der Waals surface area contributed by atoms with E-state index < -0.39 is 10.1 Å². The molecule has 2 rings (SSSR count). The molecule has 2 N–H and O–H groups in total. The van der Waals surface area contributed by atoms with Crippen molar-refractivity contribution in [2.75, 3.05) is 3.53 Å². The fourth-order valence-corrected chi connectivity index (χ4v) is 2.99. The normalized spacial score (nSPS) is 11.6. The van der Waals surface area contributed by atoms with Crippen LogP contribution in [0.1, 0.15) is 0 Å². The maximum atomic E-state index is 11.2. The van der Waals surface area contributed by atoms with Crippen molar-refractivity contribution in [1.82, 2.24) is 0 Å². The number of rotatable bonds is 2. The van der Waals surface area contributed by atoms with Gasteiger partial charge in [-0.3, -0.25) is 4.55 Å². The van der Waals surface area contributed by atoms with E-state index in [1.165, 1.54) is 6.07 Å². The smallest absolute Gasteiger partial charge is 0.296 e. The predicted molar refractivity (Wildman–Crippen MR) is 71.4 cm³/mol. The first-order chi connectivity index (χ1) is 7.54. The minimum atomic E-state index is -4.20. The van der Waals surface area contributed by atoms with Gasteiger partial charge >= 0.3 is 0 Å². The van der Waals surface area contributed by atoms with E-state index in [1.807, 2.05) is 41.1 Å². The van der Waals surface area contributed by atoms with Crippen molar-refractivity contribution < 1.29 is 13.0 Å². The van der Waals surface area contributed by atoms with Crippen LogP contribution in [0.4, 0.5) is 5.69 Å². The van der Waals surface area contributed by atoms with E-state index in [0.717, 1.165) is 10.8 Å². The number of fused-ring (bicyclic) bond motifs is 1. The highest BCUT2D eigenvalue weighted by Crippen LogP contribution is 2.31. The molecule has 0 saturated heterocycles. The molecule has 0 amide bonds. The van der Waals surface area contributed by atoms with E-state index in [-0.39, 0.29) is 4.90 Å². The molecule has 0 fully saturated rings. The molecule has 4 nitrogen and oxygen atoms in total. The highest BCUT2D eigenvalue weighted by molar-refractivity contribution is 14.1. The van der Waals surface area contributed by atoms with E-state index in [2.05, 4.69) is 3.53 Å². The Morgan fingerprint density at radius 2 is 1.81 bits per heavy atom. The van der Waals surface area contributed by atoms with E-state index in [4.69, 9.17) is 4.55 Å². The number of anilines is 1. The fraction of sp³-hybridized carbons (Fsp3) is 0. The molecule has 0 unspecified atom stereocenters. The molecule has 6 heteroatoms. The molecular formula is C10H8INO3S. The van der Waals surface area contributed by atoms with Crippen LogP contribution in [0.3, 0.4) is 0 Å². The van der Waals surface area contributed by atoms with E-state index >= 15 is 0 Å². The SMILES string of the molecule is O=S(=O)(O)c1ccc2ccccc2c1NI. The lowest BCUT2D eigenvalue weighted by Crippen LogP contribution is -2.01. The average molecular weight is 349 g/mol. The molecule has 0 radical (unpaired) electrons. The Hall–Kier alpha value is -0.860. The maximum absolute atomic E-state index is 11.2. The zero-order chi connectivity index (χ0) is 11.8. The van der Waals surface area contributed by atoms with Gasteiger partial charge in [0, 0.05) is 5.39 Å². The lowest BCUT2D eigenvalue weighted by molar-refractivity contribution is 0.484. The summed E-state index contributed by atoms with van der Waals surface area (Å²) >= 11 is 1.84. The average Bonchev–Trinajstić information content (AvgIpc) is 2.26. The topological polar surface area (TPSA) is 66.4 Å². The minimum absolute atomic E-state index is 0.111. The van der Waals surface area contributed by atoms with Crippen LogP contribution in [-0.4, -0.2) is 13.0 Å². The molecule has 0 aliphatic rings. The first kappa shape index (κ1) is 11.6. The Morgan fingerprint density at radius 3 is 2.44 bits per heavy atom. The largest absolute Gasteiger partial charge is 0.327 e. The third kappa shape index (κ3) is 2.00. The molecule has 2 aromatic rings. The number of benzene rings is 2. The highest BCUT2D eigenvalue weighted by Gasteiger charge is 2.16. The summed E-state index contributed by atoms with van der Waals surface area (Å²) in [5.74, 6) is 0. The quantitative estimate of drug-likeness (QED) is 0.497. The second kappa shape index (κ2) is 4.19. The molecule has 0 aliphatic heterocycles. The van der Waals surface area contributed by atoms with E-state index in [0.29, 0.717) is 5.69 Å². The van der Waals surface area contributed by atoms with Gasteiger partial charge < -0.3 is 3.53 Å². The number of nitrogens with one attached hydrogen (secondary N) is 1.